The van der Waals surface area contributed by atoms with E-state index in [9.17, 15) is 4.79 Å². The highest BCUT2D eigenvalue weighted by atomic mass is 32.1. The van der Waals surface area contributed by atoms with Crippen molar-refractivity contribution in [1.29, 1.82) is 0 Å². The van der Waals surface area contributed by atoms with Crippen molar-refractivity contribution >= 4 is 23.1 Å². The average Bonchev–Trinajstić information content (AvgIpc) is 4.03. The number of rotatable bonds is 11. The molecule has 3 saturated heterocycles. The van der Waals surface area contributed by atoms with Gasteiger partial charge in [0.05, 0.1) is 48.1 Å². The molecule has 5 heterocycles. The molecule has 6 aliphatic rings. The van der Waals surface area contributed by atoms with Gasteiger partial charge in [-0.1, -0.05) is 19.9 Å². The molecule has 344 valence electrons. The molecule has 14 heteroatoms. The number of ketones is 1. The van der Waals surface area contributed by atoms with Crippen molar-refractivity contribution in [3.8, 4) is 0 Å². The molecule has 1 saturated carbocycles. The van der Waals surface area contributed by atoms with Crippen LogP contribution in [0.1, 0.15) is 124 Å². The summed E-state index contributed by atoms with van der Waals surface area (Å²) in [6, 6.07) is 4.24. The zero-order valence-electron chi connectivity index (χ0n) is 38.4. The summed E-state index contributed by atoms with van der Waals surface area (Å²) in [5.41, 5.74) is 1.75. The van der Waals surface area contributed by atoms with Crippen molar-refractivity contribution in [2.24, 2.45) is 23.7 Å². The third-order valence-electron chi connectivity index (χ3n) is 15.1. The number of allylic oxidation sites excluding steroid dienone is 2. The van der Waals surface area contributed by atoms with E-state index in [0.29, 0.717) is 19.4 Å². The van der Waals surface area contributed by atoms with Crippen LogP contribution in [0.25, 0.3) is 0 Å². The maximum atomic E-state index is 15.1. The Morgan fingerprint density at radius 3 is 2.35 bits per heavy atom. The molecule has 2 aromatic heterocycles. The molecule has 3 aliphatic carbocycles. The molecule has 13 nitrogen and oxygen atoms in total. The predicted molar refractivity (Wildman–Crippen MR) is 232 cm³/mol. The van der Waals surface area contributed by atoms with E-state index >= 15 is 4.79 Å². The van der Waals surface area contributed by atoms with E-state index in [1.54, 1.807) is 32.7 Å². The lowest BCUT2D eigenvalue weighted by atomic mass is 9.67. The second-order valence-electron chi connectivity index (χ2n) is 18.9. The van der Waals surface area contributed by atoms with Crippen molar-refractivity contribution in [2.75, 3.05) is 28.4 Å². The molecule has 17 atom stereocenters. The summed E-state index contributed by atoms with van der Waals surface area (Å²) in [5.74, 6) is 1.15. The lowest BCUT2D eigenvalue weighted by molar-refractivity contribution is -0.314. The van der Waals surface area contributed by atoms with Crippen LogP contribution in [0.15, 0.2) is 28.2 Å². The van der Waals surface area contributed by atoms with Crippen molar-refractivity contribution in [1.82, 2.24) is 9.88 Å². The van der Waals surface area contributed by atoms with Gasteiger partial charge in [-0.25, -0.2) is 4.98 Å². The lowest BCUT2D eigenvalue weighted by Crippen LogP contribution is -2.59. The van der Waals surface area contributed by atoms with Gasteiger partial charge in [0.2, 0.25) is 0 Å². The zero-order chi connectivity index (χ0) is 44.0. The van der Waals surface area contributed by atoms with Gasteiger partial charge in [-0.05, 0) is 116 Å². The largest absolute Gasteiger partial charge is 0.465 e. The number of likely N-dealkylation sites (N-methyl/N-ethyl adjacent to an activating group) is 1. The standard InChI is InChI=1S/C48H70N2O11S/c1-11-29-13-12-14-38(61-40-18-17-37(26(4)57-40)50(7)23-30-16-15-24(2)56-30)25(3)43(52)35-21-33-32-19-31(60-48-46(55-10)45(54-9)44(53-8)27(5)58-48)20-36(32)47-42(49-28(6)62-47)41(33)34(35)22-39(51)59-29/h15-16,21,25-27,29,31-34,36-38,40-41,44-46,48H,11-14,17-20,22-23H2,1-10H3/t25-,26?,27?,29+,31+,32+,33+,34-,36-,37+,38+,40+,41-,44+,45-,46?,48+/m1/s1. The molecule has 0 radical (unpaired) electrons. The maximum Gasteiger partial charge on any atom is 0.306 e. The van der Waals surface area contributed by atoms with Gasteiger partial charge in [0.25, 0.3) is 0 Å². The topological polar surface area (TPSA) is 137 Å². The number of hydrogen-bond acceptors (Lipinski definition) is 14. The molecule has 0 spiro atoms. The van der Waals surface area contributed by atoms with Gasteiger partial charge in [-0.2, -0.15) is 0 Å². The third kappa shape index (κ3) is 9.16. The molecule has 3 unspecified atom stereocenters. The zero-order valence-corrected chi connectivity index (χ0v) is 39.2. The Bertz CT molecular complexity index is 1900. The maximum absolute atomic E-state index is 15.1. The number of fused-ring (bicyclic) bond motifs is 8. The first-order chi connectivity index (χ1) is 29.8. The van der Waals surface area contributed by atoms with Crippen LogP contribution in [-0.4, -0.2) is 117 Å². The van der Waals surface area contributed by atoms with E-state index in [4.69, 9.17) is 47.3 Å². The van der Waals surface area contributed by atoms with E-state index in [2.05, 4.69) is 38.8 Å². The van der Waals surface area contributed by atoms with Crippen LogP contribution in [0, 0.1) is 37.5 Å². The number of furan rings is 1. The van der Waals surface area contributed by atoms with Crippen molar-refractivity contribution in [2.45, 2.75) is 185 Å². The SMILES string of the molecule is CC[C@H]1CCC[C@H](O[C@H]2CC[C@H](N(C)Cc3ccc(C)o3)C(C)O2)[C@@H](C)C(=O)C2=C[C@H]3[C@@H]4C[C@H](O[C@@H]5OC(C)[C@H](OC)[C@@H](OC)C5OC)C[C@H]4c4sc(C)nc4[C@H]3[C@@H]2CC(=O)O1. The van der Waals surface area contributed by atoms with Gasteiger partial charge in [-0.3, -0.25) is 14.5 Å². The van der Waals surface area contributed by atoms with Gasteiger partial charge in [0.1, 0.15) is 35.9 Å². The van der Waals surface area contributed by atoms with E-state index in [0.717, 1.165) is 66.3 Å². The third-order valence-corrected chi connectivity index (χ3v) is 16.2. The van der Waals surface area contributed by atoms with Crippen LogP contribution >= 0.6 is 11.3 Å². The minimum absolute atomic E-state index is 0.00794. The minimum Gasteiger partial charge on any atom is -0.465 e. The number of esters is 1. The summed E-state index contributed by atoms with van der Waals surface area (Å²) in [5, 5.41) is 0.991. The summed E-state index contributed by atoms with van der Waals surface area (Å²) in [6.07, 6.45) is 5.26. The Kier molecular flexibility index (Phi) is 14.5. The Morgan fingerprint density at radius 1 is 0.887 bits per heavy atom. The van der Waals surface area contributed by atoms with E-state index in [1.807, 2.05) is 32.9 Å². The van der Waals surface area contributed by atoms with Gasteiger partial charge < -0.3 is 42.3 Å². The second-order valence-corrected chi connectivity index (χ2v) is 20.2. The number of aromatic nitrogens is 1. The number of carbonyl (C=O) groups is 2. The number of cyclic esters (lactones) is 1. The fourth-order valence-electron chi connectivity index (χ4n) is 12.0. The number of Topliss-reactive ketones (excluding diaryl/α,β-unsaturated/α-hetero) is 1. The van der Waals surface area contributed by atoms with E-state index < -0.39 is 24.6 Å². The van der Waals surface area contributed by atoms with Crippen LogP contribution < -0.4 is 0 Å². The molecule has 8 rings (SSSR count). The number of ether oxygens (including phenoxy) is 8. The van der Waals surface area contributed by atoms with Gasteiger partial charge in [-0.15, -0.1) is 11.3 Å². The van der Waals surface area contributed by atoms with Crippen molar-refractivity contribution in [3.63, 3.8) is 0 Å². The molecule has 4 fully saturated rings. The van der Waals surface area contributed by atoms with E-state index in [-0.39, 0.29) is 96.5 Å². The fourth-order valence-corrected chi connectivity index (χ4v) is 13.2. The van der Waals surface area contributed by atoms with Crippen molar-refractivity contribution in [3.05, 3.63) is 50.9 Å². The van der Waals surface area contributed by atoms with E-state index in [1.165, 1.54) is 4.88 Å². The molecule has 0 amide bonds. The molecule has 62 heavy (non-hydrogen) atoms. The number of methoxy groups -OCH3 is 3. The quantitative estimate of drug-likeness (QED) is 0.203. The second kappa shape index (κ2) is 19.5. The molecular formula is C48H70N2O11S. The molecule has 0 bridgehead atoms. The Balaban J connectivity index is 1.03. The van der Waals surface area contributed by atoms with Crippen LogP contribution in [0.4, 0.5) is 0 Å². The summed E-state index contributed by atoms with van der Waals surface area (Å²) in [7, 11) is 7.10. The minimum atomic E-state index is -0.638. The monoisotopic (exact) mass is 882 g/mol. The lowest BCUT2D eigenvalue weighted by Gasteiger charge is -2.44. The number of aryl methyl sites for hydroxylation is 2. The van der Waals surface area contributed by atoms with Gasteiger partial charge >= 0.3 is 5.97 Å². The summed E-state index contributed by atoms with van der Waals surface area (Å²) >= 11 is 1.74. The first-order valence-corrected chi connectivity index (χ1v) is 24.0. The Labute approximate surface area is 371 Å². The summed E-state index contributed by atoms with van der Waals surface area (Å²) in [4.78, 5) is 37.8. The fraction of sp³-hybridized carbons (Fsp3) is 0.771. The molecule has 3 aliphatic heterocycles. The molecule has 2 aromatic rings. The van der Waals surface area contributed by atoms with Crippen molar-refractivity contribution < 1.29 is 51.9 Å². The predicted octanol–water partition coefficient (Wildman–Crippen LogP) is 7.80. The normalized spacial score (nSPS) is 40.2. The van der Waals surface area contributed by atoms with Crippen LogP contribution in [0.2, 0.25) is 0 Å². The number of hydrogen-bond donors (Lipinski definition) is 0. The highest BCUT2D eigenvalue weighted by Crippen LogP contribution is 2.62. The summed E-state index contributed by atoms with van der Waals surface area (Å²) in [6.45, 7) is 12.9. The van der Waals surface area contributed by atoms with Gasteiger partial charge in [0, 0.05) is 55.9 Å². The van der Waals surface area contributed by atoms with Gasteiger partial charge in [0.15, 0.2) is 18.4 Å². The molecule has 0 aromatic carbocycles. The highest BCUT2D eigenvalue weighted by Gasteiger charge is 2.57. The number of nitrogens with zero attached hydrogens (tertiary/aromatic N) is 2. The first-order valence-electron chi connectivity index (χ1n) is 23.2. The molecular weight excluding hydrogens is 813 g/mol. The summed E-state index contributed by atoms with van der Waals surface area (Å²) < 4.78 is 56.4. The van der Waals surface area contributed by atoms with Crippen LogP contribution in [-0.2, 0) is 54.0 Å². The average molecular weight is 883 g/mol. The number of thiazole rings is 1. The van der Waals surface area contributed by atoms with Crippen LogP contribution in [0.3, 0.4) is 0 Å². The Hall–Kier alpha value is -2.53. The van der Waals surface area contributed by atoms with Crippen LogP contribution in [0.5, 0.6) is 0 Å². The number of carbonyl (C=O) groups excluding carboxylic acids is 2. The Morgan fingerprint density at radius 2 is 1.66 bits per heavy atom. The highest BCUT2D eigenvalue weighted by molar-refractivity contribution is 7.11. The smallest absolute Gasteiger partial charge is 0.306 e. The first kappa shape index (κ1) is 46.0. The molecule has 0 N–H and O–H groups in total.